The van der Waals surface area contributed by atoms with E-state index in [2.05, 4.69) is 11.4 Å². The van der Waals surface area contributed by atoms with E-state index in [-0.39, 0.29) is 18.5 Å². The number of rotatable bonds is 7. The van der Waals surface area contributed by atoms with Crippen molar-refractivity contribution in [2.24, 2.45) is 5.92 Å². The van der Waals surface area contributed by atoms with Gasteiger partial charge in [0.1, 0.15) is 0 Å². The number of esters is 1. The van der Waals surface area contributed by atoms with E-state index in [0.717, 1.165) is 12.7 Å². The standard InChI is InChI=1S/C14H17BN2O3/c1-10(17-9-15-19)13(14(18)20-2)7-11-4-3-5-12(6-11)8-16/h3-6,10,13,17H,7,9H2,1-2H3. The van der Waals surface area contributed by atoms with Crippen LogP contribution in [0.4, 0.5) is 0 Å². The second kappa shape index (κ2) is 8.23. The molecule has 0 fully saturated rings. The Morgan fingerprint density at radius 3 is 2.90 bits per heavy atom. The quantitative estimate of drug-likeness (QED) is 0.588. The van der Waals surface area contributed by atoms with Crippen molar-refractivity contribution in [3.05, 3.63) is 35.4 Å². The molecule has 104 valence electrons. The molecule has 1 aromatic rings. The Hall–Kier alpha value is -2.00. The van der Waals surface area contributed by atoms with E-state index in [9.17, 15) is 9.50 Å². The van der Waals surface area contributed by atoms with E-state index in [1.807, 2.05) is 13.0 Å². The molecule has 20 heavy (non-hydrogen) atoms. The van der Waals surface area contributed by atoms with Gasteiger partial charge in [-0.05, 0) is 0 Å². The summed E-state index contributed by atoms with van der Waals surface area (Å²) in [5, 5.41) is 11.8. The molecule has 0 heterocycles. The van der Waals surface area contributed by atoms with Crippen LogP contribution in [-0.2, 0) is 20.7 Å². The van der Waals surface area contributed by atoms with Crippen molar-refractivity contribution in [3.8, 4) is 6.07 Å². The van der Waals surface area contributed by atoms with Gasteiger partial charge in [-0.1, -0.05) is 0 Å². The van der Waals surface area contributed by atoms with E-state index in [1.165, 1.54) is 7.11 Å². The molecular weight excluding hydrogens is 255 g/mol. The van der Waals surface area contributed by atoms with E-state index >= 15 is 0 Å². The zero-order valence-corrected chi connectivity index (χ0v) is 11.6. The SMILES string of the molecule is COC(=O)C(Cc1cccc(C#N)c1)C(C)NCB=O. The molecule has 6 heteroatoms. The zero-order chi connectivity index (χ0) is 15.0. The summed E-state index contributed by atoms with van der Waals surface area (Å²) in [5.41, 5.74) is 1.44. The van der Waals surface area contributed by atoms with Gasteiger partial charge in [0.25, 0.3) is 0 Å². The molecule has 0 saturated carbocycles. The van der Waals surface area contributed by atoms with E-state index < -0.39 is 5.92 Å². The summed E-state index contributed by atoms with van der Waals surface area (Å²) in [6.45, 7) is 1.83. The summed E-state index contributed by atoms with van der Waals surface area (Å²) in [7, 11) is 2.09. The van der Waals surface area contributed by atoms with Crippen LogP contribution in [0.2, 0.25) is 0 Å². The van der Waals surface area contributed by atoms with Gasteiger partial charge in [-0.15, -0.1) is 0 Å². The predicted octanol–water partition coefficient (Wildman–Crippen LogP) is 0.875. The average Bonchev–Trinajstić information content (AvgIpc) is 2.49. The van der Waals surface area contributed by atoms with Crippen LogP contribution in [-0.4, -0.2) is 32.7 Å². The maximum absolute atomic E-state index is 11.9. The Morgan fingerprint density at radius 1 is 1.55 bits per heavy atom. The molecule has 0 saturated heterocycles. The first-order chi connectivity index (χ1) is 9.62. The fourth-order valence-corrected chi connectivity index (χ4v) is 2.01. The molecular formula is C14H17BN2O3. The topological polar surface area (TPSA) is 79.2 Å². The van der Waals surface area contributed by atoms with Gasteiger partial charge in [0.15, 0.2) is 0 Å². The minimum absolute atomic E-state index is 0.187. The van der Waals surface area contributed by atoms with Crippen molar-refractivity contribution in [2.45, 2.75) is 19.4 Å². The van der Waals surface area contributed by atoms with Crippen molar-refractivity contribution in [1.82, 2.24) is 5.32 Å². The Balaban J connectivity index is 2.86. The van der Waals surface area contributed by atoms with E-state index in [4.69, 9.17) is 10.00 Å². The molecule has 1 aromatic carbocycles. The number of benzene rings is 1. The average molecular weight is 272 g/mol. The van der Waals surface area contributed by atoms with Crippen LogP contribution in [0.15, 0.2) is 24.3 Å². The van der Waals surface area contributed by atoms with E-state index in [1.54, 1.807) is 18.2 Å². The summed E-state index contributed by atoms with van der Waals surface area (Å²) < 4.78 is 15.2. The fraction of sp³-hybridized carbons (Fsp3) is 0.429. The minimum atomic E-state index is -0.408. The molecule has 2 unspecified atom stereocenters. The summed E-state index contributed by atoms with van der Waals surface area (Å²) in [6, 6.07) is 8.99. The first-order valence-electron chi connectivity index (χ1n) is 6.36. The van der Waals surface area contributed by atoms with Gasteiger partial charge in [0.2, 0.25) is 0 Å². The van der Waals surface area contributed by atoms with Crippen molar-refractivity contribution in [1.29, 1.82) is 5.26 Å². The summed E-state index contributed by atoms with van der Waals surface area (Å²) >= 11 is 0. The molecule has 0 aromatic heterocycles. The Morgan fingerprint density at radius 2 is 2.30 bits per heavy atom. The maximum atomic E-state index is 11.9. The molecule has 0 aliphatic rings. The van der Waals surface area contributed by atoms with Crippen LogP contribution < -0.4 is 5.32 Å². The predicted molar refractivity (Wildman–Crippen MR) is 74.3 cm³/mol. The van der Waals surface area contributed by atoms with Gasteiger partial charge in [-0.2, -0.15) is 0 Å². The van der Waals surface area contributed by atoms with Crippen LogP contribution in [0.25, 0.3) is 0 Å². The van der Waals surface area contributed by atoms with Crippen molar-refractivity contribution in [2.75, 3.05) is 13.6 Å². The summed E-state index contributed by atoms with van der Waals surface area (Å²) in [4.78, 5) is 11.9. The van der Waals surface area contributed by atoms with Crippen LogP contribution in [0.3, 0.4) is 0 Å². The third kappa shape index (κ3) is 4.59. The zero-order valence-electron chi connectivity index (χ0n) is 11.6. The Kier molecular flexibility index (Phi) is 6.61. The van der Waals surface area contributed by atoms with Gasteiger partial charge in [-0.25, -0.2) is 0 Å². The number of hydrogen-bond donors (Lipinski definition) is 1. The number of methoxy groups -OCH3 is 1. The first kappa shape index (κ1) is 16.1. The van der Waals surface area contributed by atoms with E-state index in [0.29, 0.717) is 12.0 Å². The summed E-state index contributed by atoms with van der Waals surface area (Å²) in [6.07, 6.45) is 0.641. The van der Waals surface area contributed by atoms with Crippen LogP contribution >= 0.6 is 0 Å². The second-order valence-electron chi connectivity index (χ2n) is 4.51. The monoisotopic (exact) mass is 272 g/mol. The molecule has 0 spiro atoms. The Labute approximate surface area is 119 Å². The molecule has 0 aliphatic carbocycles. The van der Waals surface area contributed by atoms with Gasteiger partial charge >= 0.3 is 118 Å². The number of nitriles is 1. The number of hydrogen-bond acceptors (Lipinski definition) is 5. The van der Waals surface area contributed by atoms with Crippen molar-refractivity contribution < 1.29 is 14.2 Å². The van der Waals surface area contributed by atoms with Gasteiger partial charge < -0.3 is 0 Å². The van der Waals surface area contributed by atoms with Gasteiger partial charge in [0.05, 0.1) is 0 Å². The molecule has 2 atom stereocenters. The summed E-state index contributed by atoms with van der Waals surface area (Å²) in [5.74, 6) is -0.743. The molecule has 0 bridgehead atoms. The van der Waals surface area contributed by atoms with Crippen LogP contribution in [0.1, 0.15) is 18.1 Å². The van der Waals surface area contributed by atoms with Gasteiger partial charge in [-0.3, -0.25) is 0 Å². The number of carbonyl (C=O) groups excluding carboxylic acids is 1. The fourth-order valence-electron chi connectivity index (χ4n) is 2.01. The third-order valence-electron chi connectivity index (χ3n) is 3.14. The van der Waals surface area contributed by atoms with Crippen LogP contribution in [0, 0.1) is 17.2 Å². The number of ether oxygens (including phenoxy) is 1. The molecule has 1 N–H and O–H groups in total. The normalized spacial score (nSPS) is 12.8. The second-order valence-corrected chi connectivity index (χ2v) is 4.51. The van der Waals surface area contributed by atoms with Crippen molar-refractivity contribution in [3.63, 3.8) is 0 Å². The molecule has 0 radical (unpaired) electrons. The number of nitrogens with zero attached hydrogens (tertiary/aromatic N) is 1. The molecule has 5 nitrogen and oxygen atoms in total. The van der Waals surface area contributed by atoms with Crippen molar-refractivity contribution >= 4 is 13.1 Å². The Bertz CT molecular complexity index is 513. The first-order valence-corrected chi connectivity index (χ1v) is 6.36. The van der Waals surface area contributed by atoms with Gasteiger partial charge in [0, 0.05) is 0 Å². The number of nitrogens with one attached hydrogen (secondary N) is 1. The third-order valence-corrected chi connectivity index (χ3v) is 3.14. The number of carbonyl (C=O) groups is 1. The van der Waals surface area contributed by atoms with Crippen LogP contribution in [0.5, 0.6) is 0 Å². The molecule has 0 amide bonds. The molecule has 1 rings (SSSR count). The molecule has 0 aliphatic heterocycles.